The van der Waals surface area contributed by atoms with Gasteiger partial charge in [0.25, 0.3) is 5.91 Å². The number of benzene rings is 2. The van der Waals surface area contributed by atoms with Crippen LogP contribution in [-0.4, -0.2) is 37.1 Å². The van der Waals surface area contributed by atoms with E-state index in [2.05, 4.69) is 10.3 Å². The molecular formula is C21H25FN4O2. The number of aromatic nitrogens is 1. The van der Waals surface area contributed by atoms with Crippen molar-refractivity contribution in [3.8, 4) is 16.9 Å². The van der Waals surface area contributed by atoms with Gasteiger partial charge in [0.05, 0.1) is 7.11 Å². The molecule has 1 heterocycles. The number of hydrogen-bond acceptors (Lipinski definition) is 4. The first-order valence-electron chi connectivity index (χ1n) is 9.22. The summed E-state index contributed by atoms with van der Waals surface area (Å²) in [6.07, 6.45) is 1.61. The molecule has 0 saturated carbocycles. The number of carbonyl (C=O) groups is 1. The maximum absolute atomic E-state index is 13.6. The minimum atomic E-state index is -0.407. The Kier molecular flexibility index (Phi) is 6.28. The fraction of sp³-hybridized carbons (Fsp3) is 0.286. The molecule has 0 saturated heterocycles. The first kappa shape index (κ1) is 19.9. The van der Waals surface area contributed by atoms with Gasteiger partial charge in [0.2, 0.25) is 0 Å². The van der Waals surface area contributed by atoms with Gasteiger partial charge in [-0.2, -0.15) is 0 Å². The molecule has 0 spiro atoms. The minimum absolute atomic E-state index is 0.114. The molecule has 0 aliphatic carbocycles. The van der Waals surface area contributed by atoms with Crippen molar-refractivity contribution < 1.29 is 13.9 Å². The summed E-state index contributed by atoms with van der Waals surface area (Å²) in [4.78, 5) is 15.5. The second-order valence-electron chi connectivity index (χ2n) is 6.74. The Balaban J connectivity index is 1.76. The quantitative estimate of drug-likeness (QED) is 0.479. The van der Waals surface area contributed by atoms with Crippen LogP contribution in [0.15, 0.2) is 42.5 Å². The maximum atomic E-state index is 13.6. The number of nitrogens with one attached hydrogen (secondary N) is 2. The van der Waals surface area contributed by atoms with Crippen LogP contribution in [0.5, 0.6) is 5.75 Å². The summed E-state index contributed by atoms with van der Waals surface area (Å²) < 4.78 is 18.7. The number of methoxy groups -OCH3 is 1. The molecule has 6 nitrogen and oxygen atoms in total. The lowest BCUT2D eigenvalue weighted by Gasteiger charge is -2.11. The number of ether oxygens (including phenoxy) is 1. The summed E-state index contributed by atoms with van der Waals surface area (Å²) in [6, 6.07) is 12.2. The number of rotatable bonds is 8. The van der Waals surface area contributed by atoms with Crippen LogP contribution in [0, 0.1) is 5.82 Å². The lowest BCUT2D eigenvalue weighted by Crippen LogP contribution is -2.37. The molecule has 148 valence electrons. The van der Waals surface area contributed by atoms with Gasteiger partial charge in [-0.05, 0) is 54.8 Å². The van der Waals surface area contributed by atoms with Crippen molar-refractivity contribution in [1.29, 1.82) is 0 Å². The average Bonchev–Trinajstić information content (AvgIpc) is 3.14. The number of fused-ring (bicyclic) bond motifs is 1. The average molecular weight is 384 g/mol. The standard InChI is InChI=1S/C21H25FN4O2/c1-28-20-11-14(6-7-17(20)22)13-4-5-15-10-19(26-18(15)9-13)21(27)25-12-16(24)3-2-8-23/h4-7,9-11,16,26H,2-3,8,12,23-24H2,1H3,(H,25,27)/t16-/m0/s1. The second-order valence-corrected chi connectivity index (χ2v) is 6.74. The largest absolute Gasteiger partial charge is 0.494 e. The molecule has 1 atom stereocenters. The molecule has 28 heavy (non-hydrogen) atoms. The zero-order valence-corrected chi connectivity index (χ0v) is 15.8. The zero-order chi connectivity index (χ0) is 20.1. The van der Waals surface area contributed by atoms with Crippen molar-refractivity contribution in [1.82, 2.24) is 10.3 Å². The van der Waals surface area contributed by atoms with E-state index in [1.807, 2.05) is 18.2 Å². The molecule has 0 bridgehead atoms. The van der Waals surface area contributed by atoms with Gasteiger partial charge < -0.3 is 26.5 Å². The predicted molar refractivity (Wildman–Crippen MR) is 109 cm³/mol. The Bertz CT molecular complexity index is 970. The van der Waals surface area contributed by atoms with Gasteiger partial charge in [0.1, 0.15) is 5.69 Å². The molecule has 0 radical (unpaired) electrons. The number of halogens is 1. The fourth-order valence-corrected chi connectivity index (χ4v) is 3.07. The molecule has 6 N–H and O–H groups in total. The third kappa shape index (κ3) is 4.49. The molecule has 7 heteroatoms. The highest BCUT2D eigenvalue weighted by Crippen LogP contribution is 2.29. The van der Waals surface area contributed by atoms with E-state index in [-0.39, 0.29) is 17.7 Å². The predicted octanol–water partition coefficient (Wildman–Crippen LogP) is 2.78. The normalized spacial score (nSPS) is 12.1. The van der Waals surface area contributed by atoms with Gasteiger partial charge in [0.15, 0.2) is 11.6 Å². The number of amides is 1. The minimum Gasteiger partial charge on any atom is -0.494 e. The van der Waals surface area contributed by atoms with E-state index in [0.717, 1.165) is 34.9 Å². The number of carbonyl (C=O) groups excluding carboxylic acids is 1. The summed E-state index contributed by atoms with van der Waals surface area (Å²) >= 11 is 0. The smallest absolute Gasteiger partial charge is 0.267 e. The van der Waals surface area contributed by atoms with Crippen LogP contribution in [0.25, 0.3) is 22.0 Å². The van der Waals surface area contributed by atoms with Crippen molar-refractivity contribution in [2.75, 3.05) is 20.2 Å². The maximum Gasteiger partial charge on any atom is 0.267 e. The van der Waals surface area contributed by atoms with Crippen LogP contribution >= 0.6 is 0 Å². The fourth-order valence-electron chi connectivity index (χ4n) is 3.07. The van der Waals surface area contributed by atoms with Gasteiger partial charge >= 0.3 is 0 Å². The number of aromatic amines is 1. The highest BCUT2D eigenvalue weighted by atomic mass is 19.1. The SMILES string of the molecule is COc1cc(-c2ccc3cc(C(=O)NC[C@@H](N)CCCN)[nH]c3c2)ccc1F. The molecule has 3 rings (SSSR count). The van der Waals surface area contributed by atoms with Crippen LogP contribution in [0.4, 0.5) is 4.39 Å². The Labute approximate surface area is 163 Å². The summed E-state index contributed by atoms with van der Waals surface area (Å²) in [5.74, 6) is -0.421. The number of H-pyrrole nitrogens is 1. The van der Waals surface area contributed by atoms with Crippen LogP contribution in [0.2, 0.25) is 0 Å². The first-order valence-corrected chi connectivity index (χ1v) is 9.22. The lowest BCUT2D eigenvalue weighted by molar-refractivity contribution is 0.0946. The number of hydrogen-bond donors (Lipinski definition) is 4. The van der Waals surface area contributed by atoms with Gasteiger partial charge in [0, 0.05) is 23.5 Å². The van der Waals surface area contributed by atoms with Crippen LogP contribution < -0.4 is 21.5 Å². The molecule has 1 aromatic heterocycles. The van der Waals surface area contributed by atoms with E-state index in [4.69, 9.17) is 16.2 Å². The topological polar surface area (TPSA) is 106 Å². The van der Waals surface area contributed by atoms with Crippen molar-refractivity contribution in [2.45, 2.75) is 18.9 Å². The summed E-state index contributed by atoms with van der Waals surface area (Å²) in [5, 5.41) is 3.75. The Hall–Kier alpha value is -2.90. The van der Waals surface area contributed by atoms with Crippen molar-refractivity contribution >= 4 is 16.8 Å². The van der Waals surface area contributed by atoms with Crippen molar-refractivity contribution in [3.05, 3.63) is 54.0 Å². The van der Waals surface area contributed by atoms with Crippen LogP contribution in [-0.2, 0) is 0 Å². The second kappa shape index (κ2) is 8.86. The first-order chi connectivity index (χ1) is 13.5. The molecule has 3 aromatic rings. The molecule has 0 unspecified atom stereocenters. The monoisotopic (exact) mass is 384 g/mol. The zero-order valence-electron chi connectivity index (χ0n) is 15.8. The van der Waals surface area contributed by atoms with Crippen molar-refractivity contribution in [3.63, 3.8) is 0 Å². The Morgan fingerprint density at radius 2 is 1.96 bits per heavy atom. The molecular weight excluding hydrogens is 359 g/mol. The molecule has 2 aromatic carbocycles. The van der Waals surface area contributed by atoms with Gasteiger partial charge in [-0.15, -0.1) is 0 Å². The summed E-state index contributed by atoms with van der Waals surface area (Å²) in [6.45, 7) is 0.987. The highest BCUT2D eigenvalue weighted by molar-refractivity contribution is 5.98. The van der Waals surface area contributed by atoms with Gasteiger partial charge in [-0.1, -0.05) is 18.2 Å². The van der Waals surface area contributed by atoms with E-state index in [1.165, 1.54) is 13.2 Å². The third-order valence-electron chi connectivity index (χ3n) is 4.66. The van der Waals surface area contributed by atoms with E-state index in [1.54, 1.807) is 18.2 Å². The summed E-state index contributed by atoms with van der Waals surface area (Å²) in [5.41, 5.74) is 14.4. The van der Waals surface area contributed by atoms with Crippen LogP contribution in [0.3, 0.4) is 0 Å². The molecule has 1 amide bonds. The molecule has 0 fully saturated rings. The van der Waals surface area contributed by atoms with E-state index < -0.39 is 5.82 Å². The van der Waals surface area contributed by atoms with E-state index in [9.17, 15) is 9.18 Å². The summed E-state index contributed by atoms with van der Waals surface area (Å²) in [7, 11) is 1.43. The van der Waals surface area contributed by atoms with Crippen molar-refractivity contribution in [2.24, 2.45) is 11.5 Å². The number of nitrogens with two attached hydrogens (primary N) is 2. The van der Waals surface area contributed by atoms with Gasteiger partial charge in [-0.25, -0.2) is 4.39 Å². The van der Waals surface area contributed by atoms with Gasteiger partial charge in [-0.3, -0.25) is 4.79 Å². The van der Waals surface area contributed by atoms with E-state index >= 15 is 0 Å². The third-order valence-corrected chi connectivity index (χ3v) is 4.66. The van der Waals surface area contributed by atoms with Crippen LogP contribution in [0.1, 0.15) is 23.3 Å². The van der Waals surface area contributed by atoms with E-state index in [0.29, 0.717) is 18.8 Å². The molecule has 0 aliphatic heterocycles. The molecule has 0 aliphatic rings. The lowest BCUT2D eigenvalue weighted by atomic mass is 10.0. The Morgan fingerprint density at radius 3 is 2.71 bits per heavy atom. The Morgan fingerprint density at radius 1 is 1.21 bits per heavy atom. The highest BCUT2D eigenvalue weighted by Gasteiger charge is 2.12.